The Labute approximate surface area is 62.1 Å². The molecule has 0 aliphatic heterocycles. The van der Waals surface area contributed by atoms with Gasteiger partial charge in [0, 0.05) is 19.2 Å². The highest BCUT2D eigenvalue weighted by Crippen LogP contribution is 1.89. The number of nitrogens with one attached hydrogen (secondary N) is 1. The van der Waals surface area contributed by atoms with E-state index < -0.39 is 0 Å². The molecule has 0 aliphatic rings. The minimum absolute atomic E-state index is 0.133. The van der Waals surface area contributed by atoms with Gasteiger partial charge in [0.2, 0.25) is 0 Å². The van der Waals surface area contributed by atoms with Crippen molar-refractivity contribution in [2.45, 2.75) is 19.9 Å². The molecule has 3 N–H and O–H groups in total. The summed E-state index contributed by atoms with van der Waals surface area (Å²) in [4.78, 5) is 0. The molecule has 0 saturated carbocycles. The molecule has 0 radical (unpaired) electrons. The molecule has 0 spiro atoms. The van der Waals surface area contributed by atoms with Gasteiger partial charge in [0.25, 0.3) is 0 Å². The van der Waals surface area contributed by atoms with E-state index in [-0.39, 0.29) is 25.2 Å². The van der Waals surface area contributed by atoms with Gasteiger partial charge in [-0.15, -0.1) is 0 Å². The molecule has 0 heterocycles. The number of aliphatic hydroxyl groups is 2. The second kappa shape index (κ2) is 5.65. The molecule has 2 atom stereocenters. The molecule has 62 valence electrons. The van der Waals surface area contributed by atoms with E-state index in [4.69, 9.17) is 10.2 Å². The minimum Gasteiger partial charge on any atom is -0.396 e. The van der Waals surface area contributed by atoms with Crippen molar-refractivity contribution in [3.63, 3.8) is 0 Å². The van der Waals surface area contributed by atoms with E-state index in [1.165, 1.54) is 0 Å². The summed E-state index contributed by atoms with van der Waals surface area (Å²) in [5.41, 5.74) is 0. The molecule has 2 unspecified atom stereocenters. The Morgan fingerprint density at radius 3 is 2.20 bits per heavy atom. The van der Waals surface area contributed by atoms with Crippen LogP contribution in [0.2, 0.25) is 0 Å². The molecule has 0 aromatic rings. The van der Waals surface area contributed by atoms with Crippen molar-refractivity contribution in [1.82, 2.24) is 5.32 Å². The lowest BCUT2D eigenvalue weighted by atomic mass is 10.2. The minimum atomic E-state index is 0.133. The zero-order chi connectivity index (χ0) is 7.98. The molecular weight excluding hydrogens is 130 g/mol. The normalized spacial score (nSPS) is 16.8. The fourth-order valence-electron chi connectivity index (χ4n) is 0.531. The molecule has 0 amide bonds. The predicted molar refractivity (Wildman–Crippen MR) is 40.8 cm³/mol. The van der Waals surface area contributed by atoms with Crippen LogP contribution in [0.4, 0.5) is 0 Å². The Hall–Kier alpha value is -0.120. The van der Waals surface area contributed by atoms with Gasteiger partial charge in [0.1, 0.15) is 0 Å². The van der Waals surface area contributed by atoms with Crippen LogP contribution >= 0.6 is 0 Å². The molecule has 0 saturated heterocycles. The van der Waals surface area contributed by atoms with Gasteiger partial charge in [-0.25, -0.2) is 0 Å². The average Bonchev–Trinajstić information content (AvgIpc) is 1.99. The maximum Gasteiger partial charge on any atom is 0.0581 e. The summed E-state index contributed by atoms with van der Waals surface area (Å²) in [5, 5.41) is 20.3. The highest BCUT2D eigenvalue weighted by Gasteiger charge is 2.01. The van der Waals surface area contributed by atoms with E-state index in [1.807, 2.05) is 13.8 Å². The lowest BCUT2D eigenvalue weighted by Crippen LogP contribution is -2.33. The molecule has 0 fully saturated rings. The van der Waals surface area contributed by atoms with Gasteiger partial charge >= 0.3 is 0 Å². The average molecular weight is 147 g/mol. The van der Waals surface area contributed by atoms with Crippen molar-refractivity contribution < 1.29 is 10.2 Å². The summed E-state index contributed by atoms with van der Waals surface area (Å²) < 4.78 is 0. The summed E-state index contributed by atoms with van der Waals surface area (Å²) in [6.45, 7) is 4.97. The highest BCUT2D eigenvalue weighted by molar-refractivity contribution is 4.60. The van der Waals surface area contributed by atoms with Crippen LogP contribution in [0.25, 0.3) is 0 Å². The number of hydrogen-bond acceptors (Lipinski definition) is 3. The van der Waals surface area contributed by atoms with E-state index in [0.717, 1.165) is 6.54 Å². The number of rotatable bonds is 5. The quantitative estimate of drug-likeness (QED) is 0.495. The van der Waals surface area contributed by atoms with Gasteiger partial charge in [-0.2, -0.15) is 0 Å². The SMILES string of the molecule is CC(CO)CNC(C)CO. The van der Waals surface area contributed by atoms with E-state index in [9.17, 15) is 0 Å². The maximum atomic E-state index is 8.62. The van der Waals surface area contributed by atoms with E-state index >= 15 is 0 Å². The first-order valence-corrected chi connectivity index (χ1v) is 3.65. The first-order chi connectivity index (χ1) is 4.70. The Morgan fingerprint density at radius 2 is 1.80 bits per heavy atom. The number of aliphatic hydroxyl groups excluding tert-OH is 2. The molecule has 0 aliphatic carbocycles. The lowest BCUT2D eigenvalue weighted by Gasteiger charge is -2.13. The van der Waals surface area contributed by atoms with Crippen LogP contribution in [0.5, 0.6) is 0 Å². The van der Waals surface area contributed by atoms with Crippen molar-refractivity contribution >= 4 is 0 Å². The fourth-order valence-corrected chi connectivity index (χ4v) is 0.531. The van der Waals surface area contributed by atoms with Gasteiger partial charge in [0.05, 0.1) is 6.61 Å². The maximum absolute atomic E-state index is 8.62. The Kier molecular flexibility index (Phi) is 5.58. The van der Waals surface area contributed by atoms with Crippen LogP contribution in [-0.4, -0.2) is 36.0 Å². The number of hydrogen-bond donors (Lipinski definition) is 3. The summed E-state index contributed by atoms with van der Waals surface area (Å²) >= 11 is 0. The third-order valence-corrected chi connectivity index (χ3v) is 1.40. The van der Waals surface area contributed by atoms with Crippen molar-refractivity contribution in [2.75, 3.05) is 19.8 Å². The summed E-state index contributed by atoms with van der Waals surface area (Å²) in [6, 6.07) is 0.133. The van der Waals surface area contributed by atoms with E-state index in [1.54, 1.807) is 0 Å². The van der Waals surface area contributed by atoms with Crippen molar-refractivity contribution in [2.24, 2.45) is 5.92 Å². The van der Waals surface area contributed by atoms with Gasteiger partial charge in [-0.05, 0) is 12.8 Å². The van der Waals surface area contributed by atoms with Crippen molar-refractivity contribution in [3.8, 4) is 0 Å². The molecule has 0 aromatic carbocycles. The smallest absolute Gasteiger partial charge is 0.0581 e. The van der Waals surface area contributed by atoms with Crippen LogP contribution in [0.3, 0.4) is 0 Å². The Balaban J connectivity index is 3.17. The third kappa shape index (κ3) is 4.73. The fraction of sp³-hybridized carbons (Fsp3) is 1.00. The second-order valence-corrected chi connectivity index (χ2v) is 2.78. The second-order valence-electron chi connectivity index (χ2n) is 2.78. The largest absolute Gasteiger partial charge is 0.396 e. The van der Waals surface area contributed by atoms with Crippen LogP contribution < -0.4 is 5.32 Å². The predicted octanol–water partition coefficient (Wildman–Crippen LogP) is -0.415. The Bertz CT molecular complexity index is 68.0. The lowest BCUT2D eigenvalue weighted by molar-refractivity contribution is 0.213. The van der Waals surface area contributed by atoms with Crippen LogP contribution in [0.1, 0.15) is 13.8 Å². The van der Waals surface area contributed by atoms with Gasteiger partial charge < -0.3 is 15.5 Å². The van der Waals surface area contributed by atoms with Crippen molar-refractivity contribution in [1.29, 1.82) is 0 Å². The summed E-state index contributed by atoms with van der Waals surface area (Å²) in [5.74, 6) is 0.272. The van der Waals surface area contributed by atoms with Crippen LogP contribution in [-0.2, 0) is 0 Å². The highest BCUT2D eigenvalue weighted by atomic mass is 16.3. The summed E-state index contributed by atoms with van der Waals surface area (Å²) in [6.07, 6.45) is 0. The standard InChI is InChI=1S/C7H17NO2/c1-6(4-9)3-8-7(2)5-10/h6-10H,3-5H2,1-2H3. The van der Waals surface area contributed by atoms with E-state index in [0.29, 0.717) is 0 Å². The third-order valence-electron chi connectivity index (χ3n) is 1.40. The first-order valence-electron chi connectivity index (χ1n) is 3.65. The zero-order valence-corrected chi connectivity index (χ0v) is 6.67. The molecule has 0 aromatic heterocycles. The molecule has 3 heteroatoms. The first kappa shape index (κ1) is 9.88. The van der Waals surface area contributed by atoms with Crippen LogP contribution in [0.15, 0.2) is 0 Å². The summed E-state index contributed by atoms with van der Waals surface area (Å²) in [7, 11) is 0. The van der Waals surface area contributed by atoms with Gasteiger partial charge in [-0.3, -0.25) is 0 Å². The molecule has 3 nitrogen and oxygen atoms in total. The molecular formula is C7H17NO2. The molecule has 0 bridgehead atoms. The van der Waals surface area contributed by atoms with Crippen LogP contribution in [0, 0.1) is 5.92 Å². The molecule has 10 heavy (non-hydrogen) atoms. The van der Waals surface area contributed by atoms with Gasteiger partial charge in [0.15, 0.2) is 0 Å². The monoisotopic (exact) mass is 147 g/mol. The van der Waals surface area contributed by atoms with Gasteiger partial charge in [-0.1, -0.05) is 6.92 Å². The zero-order valence-electron chi connectivity index (χ0n) is 6.67. The molecule has 0 rings (SSSR count). The Morgan fingerprint density at radius 1 is 1.20 bits per heavy atom. The topological polar surface area (TPSA) is 52.5 Å². The van der Waals surface area contributed by atoms with E-state index in [2.05, 4.69) is 5.32 Å². The van der Waals surface area contributed by atoms with Crippen molar-refractivity contribution in [3.05, 3.63) is 0 Å².